The Morgan fingerprint density at radius 2 is 1.95 bits per heavy atom. The van der Waals surface area contributed by atoms with E-state index in [-0.39, 0.29) is 11.7 Å². The molecule has 0 radical (unpaired) electrons. The Hall–Kier alpha value is -1.20. The molecule has 1 aliphatic heterocycles. The summed E-state index contributed by atoms with van der Waals surface area (Å²) in [4.78, 5) is 1.72. The number of hydrogen-bond acceptors (Lipinski definition) is 3. The summed E-state index contributed by atoms with van der Waals surface area (Å²) < 4.78 is 33.8. The van der Waals surface area contributed by atoms with Crippen LogP contribution in [-0.4, -0.2) is 32.3 Å². The van der Waals surface area contributed by atoms with Crippen molar-refractivity contribution < 1.29 is 13.5 Å². The first-order valence-electron chi connectivity index (χ1n) is 7.18. The Morgan fingerprint density at radius 3 is 2.60 bits per heavy atom. The predicted octanol–water partition coefficient (Wildman–Crippen LogP) is 2.47. The van der Waals surface area contributed by atoms with Gasteiger partial charge in [0.2, 0.25) is 0 Å². The molecule has 0 bridgehead atoms. The standard InChI is InChI=1S/C15H22F2N2O/c1-2-12(18)8-11-9-13(16)15(14(17)10-11)19-4-3-6-20-7-5-19/h9-10,12H,2-8,18H2,1H3. The van der Waals surface area contributed by atoms with Gasteiger partial charge >= 0.3 is 0 Å². The lowest BCUT2D eigenvalue weighted by molar-refractivity contribution is 0.152. The lowest BCUT2D eigenvalue weighted by Crippen LogP contribution is -2.28. The fourth-order valence-corrected chi connectivity index (χ4v) is 2.45. The highest BCUT2D eigenvalue weighted by Crippen LogP contribution is 2.26. The van der Waals surface area contributed by atoms with E-state index in [0.717, 1.165) is 12.8 Å². The van der Waals surface area contributed by atoms with Crippen molar-refractivity contribution in [3.63, 3.8) is 0 Å². The fraction of sp³-hybridized carbons (Fsp3) is 0.600. The topological polar surface area (TPSA) is 38.5 Å². The Kier molecular flexibility index (Phi) is 5.31. The van der Waals surface area contributed by atoms with E-state index in [1.807, 2.05) is 6.92 Å². The Morgan fingerprint density at radius 1 is 1.25 bits per heavy atom. The van der Waals surface area contributed by atoms with Gasteiger partial charge < -0.3 is 15.4 Å². The van der Waals surface area contributed by atoms with Gasteiger partial charge in [-0.3, -0.25) is 0 Å². The average Bonchev–Trinajstić information content (AvgIpc) is 2.67. The summed E-state index contributed by atoms with van der Waals surface area (Å²) in [7, 11) is 0. The maximum Gasteiger partial charge on any atom is 0.149 e. The Balaban J connectivity index is 2.21. The lowest BCUT2D eigenvalue weighted by atomic mass is 10.0. The summed E-state index contributed by atoms with van der Waals surface area (Å²) in [5.41, 5.74) is 6.51. The zero-order chi connectivity index (χ0) is 14.5. The highest BCUT2D eigenvalue weighted by atomic mass is 19.1. The number of hydrogen-bond donors (Lipinski definition) is 1. The monoisotopic (exact) mass is 284 g/mol. The largest absolute Gasteiger partial charge is 0.380 e. The quantitative estimate of drug-likeness (QED) is 0.923. The van der Waals surface area contributed by atoms with Crippen LogP contribution < -0.4 is 10.6 Å². The molecule has 2 rings (SSSR count). The van der Waals surface area contributed by atoms with Crippen LogP contribution in [0.5, 0.6) is 0 Å². The van der Waals surface area contributed by atoms with Crippen LogP contribution in [0, 0.1) is 11.6 Å². The summed E-state index contributed by atoms with van der Waals surface area (Å²) in [6, 6.07) is 2.74. The maximum absolute atomic E-state index is 14.2. The zero-order valence-corrected chi connectivity index (χ0v) is 11.9. The highest BCUT2D eigenvalue weighted by Gasteiger charge is 2.19. The van der Waals surface area contributed by atoms with Crippen molar-refractivity contribution in [2.24, 2.45) is 5.73 Å². The Bertz CT molecular complexity index is 422. The molecule has 0 saturated carbocycles. The van der Waals surface area contributed by atoms with Crippen LogP contribution in [-0.2, 0) is 11.2 Å². The molecule has 1 unspecified atom stereocenters. The van der Waals surface area contributed by atoms with Gasteiger partial charge in [0.15, 0.2) is 0 Å². The minimum Gasteiger partial charge on any atom is -0.380 e. The third-order valence-corrected chi connectivity index (χ3v) is 3.64. The van der Waals surface area contributed by atoms with Crippen molar-refractivity contribution >= 4 is 5.69 Å². The molecule has 112 valence electrons. The van der Waals surface area contributed by atoms with Gasteiger partial charge in [-0.15, -0.1) is 0 Å². The van der Waals surface area contributed by atoms with Crippen LogP contribution in [0.2, 0.25) is 0 Å². The number of nitrogens with zero attached hydrogens (tertiary/aromatic N) is 1. The first-order chi connectivity index (χ1) is 9.61. The van der Waals surface area contributed by atoms with Crippen LogP contribution in [0.25, 0.3) is 0 Å². The van der Waals surface area contributed by atoms with Crippen LogP contribution in [0.1, 0.15) is 25.3 Å². The minimum atomic E-state index is -0.509. The van der Waals surface area contributed by atoms with Crippen molar-refractivity contribution in [3.05, 3.63) is 29.3 Å². The summed E-state index contributed by atoms with van der Waals surface area (Å²) >= 11 is 0. The molecule has 0 aliphatic carbocycles. The van der Waals surface area contributed by atoms with E-state index in [2.05, 4.69) is 0 Å². The summed E-state index contributed by atoms with van der Waals surface area (Å²) in [6.45, 7) is 4.23. The number of halogens is 2. The van der Waals surface area contributed by atoms with Crippen molar-refractivity contribution in [2.75, 3.05) is 31.2 Å². The van der Waals surface area contributed by atoms with E-state index in [1.54, 1.807) is 4.90 Å². The van der Waals surface area contributed by atoms with Gasteiger partial charge in [-0.1, -0.05) is 6.92 Å². The van der Waals surface area contributed by atoms with E-state index < -0.39 is 11.6 Å². The number of rotatable bonds is 4. The highest BCUT2D eigenvalue weighted by molar-refractivity contribution is 5.51. The summed E-state index contributed by atoms with van der Waals surface area (Å²) in [6.07, 6.45) is 2.06. The molecule has 5 heteroatoms. The van der Waals surface area contributed by atoms with Gasteiger partial charge in [-0.05, 0) is 37.0 Å². The van der Waals surface area contributed by atoms with Gasteiger partial charge in [0, 0.05) is 25.7 Å². The molecule has 1 aromatic carbocycles. The second kappa shape index (κ2) is 6.99. The van der Waals surface area contributed by atoms with Gasteiger partial charge in [-0.25, -0.2) is 8.78 Å². The van der Waals surface area contributed by atoms with Crippen molar-refractivity contribution in [2.45, 2.75) is 32.2 Å². The predicted molar refractivity (Wildman–Crippen MR) is 76.0 cm³/mol. The molecule has 0 amide bonds. The van der Waals surface area contributed by atoms with E-state index in [9.17, 15) is 8.78 Å². The molecule has 1 aromatic rings. The van der Waals surface area contributed by atoms with Crippen LogP contribution in [0.4, 0.5) is 14.5 Å². The van der Waals surface area contributed by atoms with Crippen LogP contribution >= 0.6 is 0 Å². The molecule has 1 heterocycles. The third-order valence-electron chi connectivity index (χ3n) is 3.64. The van der Waals surface area contributed by atoms with Crippen LogP contribution in [0.15, 0.2) is 12.1 Å². The molecule has 0 aromatic heterocycles. The minimum absolute atomic E-state index is 0.0596. The zero-order valence-electron chi connectivity index (χ0n) is 11.9. The normalized spacial score (nSPS) is 17.9. The molecule has 1 saturated heterocycles. The Labute approximate surface area is 118 Å². The molecule has 2 N–H and O–H groups in total. The SMILES string of the molecule is CCC(N)Cc1cc(F)c(N2CCCOCC2)c(F)c1. The van der Waals surface area contributed by atoms with Crippen molar-refractivity contribution in [1.29, 1.82) is 0 Å². The lowest BCUT2D eigenvalue weighted by Gasteiger charge is -2.23. The fourth-order valence-electron chi connectivity index (χ4n) is 2.45. The molecule has 20 heavy (non-hydrogen) atoms. The molecule has 3 nitrogen and oxygen atoms in total. The van der Waals surface area contributed by atoms with Gasteiger partial charge in [0.05, 0.1) is 6.61 Å². The van der Waals surface area contributed by atoms with Crippen LogP contribution in [0.3, 0.4) is 0 Å². The van der Waals surface area contributed by atoms with Gasteiger partial charge in [-0.2, -0.15) is 0 Å². The second-order valence-corrected chi connectivity index (χ2v) is 5.23. The molecular weight excluding hydrogens is 262 g/mol. The van der Waals surface area contributed by atoms with Crippen molar-refractivity contribution in [3.8, 4) is 0 Å². The molecule has 1 fully saturated rings. The number of nitrogens with two attached hydrogens (primary N) is 1. The smallest absolute Gasteiger partial charge is 0.149 e. The number of ether oxygens (including phenoxy) is 1. The van der Waals surface area contributed by atoms with Gasteiger partial charge in [0.25, 0.3) is 0 Å². The molecular formula is C15H22F2N2O. The van der Waals surface area contributed by atoms with Crippen molar-refractivity contribution in [1.82, 2.24) is 0 Å². The van der Waals surface area contributed by atoms with E-state index in [0.29, 0.717) is 38.3 Å². The number of anilines is 1. The third kappa shape index (κ3) is 3.67. The average molecular weight is 284 g/mol. The number of benzene rings is 1. The second-order valence-electron chi connectivity index (χ2n) is 5.23. The first-order valence-corrected chi connectivity index (χ1v) is 7.18. The van der Waals surface area contributed by atoms with E-state index in [1.165, 1.54) is 12.1 Å². The van der Waals surface area contributed by atoms with E-state index >= 15 is 0 Å². The van der Waals surface area contributed by atoms with E-state index in [4.69, 9.17) is 10.5 Å². The first kappa shape index (κ1) is 15.2. The van der Waals surface area contributed by atoms with Gasteiger partial charge in [0.1, 0.15) is 17.3 Å². The summed E-state index contributed by atoms with van der Waals surface area (Å²) in [5, 5.41) is 0. The summed E-state index contributed by atoms with van der Waals surface area (Å²) in [5.74, 6) is -1.02. The maximum atomic E-state index is 14.2. The molecule has 1 atom stereocenters. The molecule has 1 aliphatic rings. The molecule has 0 spiro atoms.